The first-order valence-corrected chi connectivity index (χ1v) is 8.11. The third kappa shape index (κ3) is 2.49. The molecule has 0 bridgehead atoms. The average molecular weight is 261 g/mol. The first kappa shape index (κ1) is 13.9. The molecule has 2 nitrogen and oxygen atoms in total. The molecule has 3 rings (SSSR count). The summed E-state index contributed by atoms with van der Waals surface area (Å²) in [5.74, 6) is 1.72. The molecule has 2 radical (unpaired) electrons. The minimum atomic E-state index is 0.0709. The van der Waals surface area contributed by atoms with Crippen molar-refractivity contribution in [3.8, 4) is 0 Å². The van der Waals surface area contributed by atoms with Crippen molar-refractivity contribution in [3.63, 3.8) is 0 Å². The highest BCUT2D eigenvalue weighted by Gasteiger charge is 2.53. The Balaban J connectivity index is 1.78. The normalized spacial score (nSPS) is 43.7. The van der Waals surface area contributed by atoms with E-state index >= 15 is 0 Å². The lowest BCUT2D eigenvalue weighted by atomic mass is 9.62. The van der Waals surface area contributed by atoms with E-state index in [-0.39, 0.29) is 5.31 Å². The largest absolute Gasteiger partial charge is 0.377 e. The van der Waals surface area contributed by atoms with Gasteiger partial charge in [0.05, 0.1) is 26.6 Å². The maximum Gasteiger partial charge on any atom is 0.0742 e. The van der Waals surface area contributed by atoms with Crippen LogP contribution >= 0.6 is 0 Å². The Morgan fingerprint density at radius 1 is 1.11 bits per heavy atom. The molecule has 1 spiro atoms. The first-order valence-electron chi connectivity index (χ1n) is 8.11. The second-order valence-electron chi connectivity index (χ2n) is 7.61. The summed E-state index contributed by atoms with van der Waals surface area (Å²) >= 11 is 0. The van der Waals surface area contributed by atoms with Crippen LogP contribution in [0.25, 0.3) is 0 Å². The van der Waals surface area contributed by atoms with Gasteiger partial charge in [-0.25, -0.2) is 0 Å². The molecule has 2 saturated heterocycles. The lowest BCUT2D eigenvalue weighted by Crippen LogP contribution is -2.69. The molecule has 0 aromatic heterocycles. The first-order chi connectivity index (χ1) is 9.04. The highest BCUT2D eigenvalue weighted by molar-refractivity contribution is 6.14. The number of ether oxygens (including phenoxy) is 1. The van der Waals surface area contributed by atoms with Gasteiger partial charge in [0.2, 0.25) is 0 Å². The van der Waals surface area contributed by atoms with Crippen LogP contribution in [0.4, 0.5) is 0 Å². The second kappa shape index (κ2) is 5.07. The van der Waals surface area contributed by atoms with E-state index in [1.54, 1.807) is 0 Å². The summed E-state index contributed by atoms with van der Waals surface area (Å²) in [4.78, 5) is 2.59. The van der Waals surface area contributed by atoms with Crippen LogP contribution in [0.15, 0.2) is 0 Å². The molecule has 3 aliphatic rings. The van der Waals surface area contributed by atoms with E-state index in [4.69, 9.17) is 12.6 Å². The number of likely N-dealkylation sites (N-methyl/N-ethyl adjacent to an activating group) is 1. The van der Waals surface area contributed by atoms with Crippen LogP contribution in [0.2, 0.25) is 5.31 Å². The van der Waals surface area contributed by atoms with E-state index in [1.165, 1.54) is 51.5 Å². The van der Waals surface area contributed by atoms with Crippen molar-refractivity contribution in [2.24, 2.45) is 11.8 Å². The van der Waals surface area contributed by atoms with E-state index in [1.807, 2.05) is 0 Å². The molecule has 1 aliphatic carbocycles. The quantitative estimate of drug-likeness (QED) is 0.621. The van der Waals surface area contributed by atoms with Crippen molar-refractivity contribution in [2.45, 2.75) is 62.7 Å². The van der Waals surface area contributed by atoms with Crippen LogP contribution in [-0.2, 0) is 4.74 Å². The Morgan fingerprint density at radius 2 is 1.89 bits per heavy atom. The zero-order chi connectivity index (χ0) is 13.5. The molecule has 0 N–H and O–H groups in total. The van der Waals surface area contributed by atoms with Crippen molar-refractivity contribution in [2.75, 3.05) is 26.8 Å². The van der Waals surface area contributed by atoms with Crippen LogP contribution in [0.1, 0.15) is 51.9 Å². The van der Waals surface area contributed by atoms with Gasteiger partial charge in [0.25, 0.3) is 0 Å². The fraction of sp³-hybridized carbons (Fsp3) is 1.00. The fourth-order valence-electron chi connectivity index (χ4n) is 4.63. The summed E-state index contributed by atoms with van der Waals surface area (Å²) in [5.41, 5.74) is 0.373. The summed E-state index contributed by atoms with van der Waals surface area (Å²) in [6.45, 7) is 5.42. The lowest BCUT2D eigenvalue weighted by molar-refractivity contribution is -0.192. The van der Waals surface area contributed by atoms with Gasteiger partial charge in [-0.05, 0) is 38.3 Å². The zero-order valence-corrected chi connectivity index (χ0v) is 12.7. The van der Waals surface area contributed by atoms with Crippen molar-refractivity contribution >= 4 is 7.85 Å². The van der Waals surface area contributed by atoms with Gasteiger partial charge in [0.1, 0.15) is 0 Å². The van der Waals surface area contributed by atoms with Crippen molar-refractivity contribution in [3.05, 3.63) is 0 Å². The molecule has 3 heteroatoms. The Morgan fingerprint density at radius 3 is 2.58 bits per heavy atom. The highest BCUT2D eigenvalue weighted by Crippen LogP contribution is 2.49. The number of hydrogen-bond donors (Lipinski definition) is 0. The monoisotopic (exact) mass is 261 g/mol. The minimum Gasteiger partial charge on any atom is -0.377 e. The molecule has 106 valence electrons. The van der Waals surface area contributed by atoms with Gasteiger partial charge >= 0.3 is 0 Å². The van der Waals surface area contributed by atoms with Crippen LogP contribution in [0.3, 0.4) is 0 Å². The van der Waals surface area contributed by atoms with E-state index in [9.17, 15) is 0 Å². The van der Waals surface area contributed by atoms with Gasteiger partial charge in [0, 0.05) is 0 Å². The number of fused-ring (bicyclic) bond motifs is 2. The number of hydrogen-bond acceptors (Lipinski definition) is 2. The van der Waals surface area contributed by atoms with Crippen LogP contribution < -0.4 is 0 Å². The summed E-state index contributed by atoms with van der Waals surface area (Å²) < 4.78 is 5.61. The molecule has 3 atom stereocenters. The van der Waals surface area contributed by atoms with Gasteiger partial charge in [-0.2, -0.15) is 0 Å². The smallest absolute Gasteiger partial charge is 0.0742 e. The second-order valence-corrected chi connectivity index (χ2v) is 7.61. The SMILES string of the molecule is [B]C1(C)CCCCC2C(CCN(C)C23COC3)CC1. The molecule has 0 aromatic carbocycles. The van der Waals surface area contributed by atoms with E-state index in [0.717, 1.165) is 25.0 Å². The van der Waals surface area contributed by atoms with Crippen LogP contribution in [-0.4, -0.2) is 45.1 Å². The zero-order valence-electron chi connectivity index (χ0n) is 12.7. The Kier molecular flexibility index (Phi) is 3.72. The summed E-state index contributed by atoms with van der Waals surface area (Å²) in [6.07, 6.45) is 9.13. The summed E-state index contributed by atoms with van der Waals surface area (Å²) in [5, 5.41) is 0.0709. The maximum atomic E-state index is 6.44. The Bertz CT molecular complexity index is 327. The number of likely N-dealkylation sites (tertiary alicyclic amines) is 1. The van der Waals surface area contributed by atoms with Crippen LogP contribution in [0, 0.1) is 11.8 Å². The average Bonchev–Trinajstić information content (AvgIpc) is 2.37. The molecule has 19 heavy (non-hydrogen) atoms. The molecular formula is C16H28BNO. The van der Waals surface area contributed by atoms with Gasteiger partial charge in [-0.3, -0.25) is 4.90 Å². The van der Waals surface area contributed by atoms with Gasteiger partial charge in [-0.1, -0.05) is 44.3 Å². The van der Waals surface area contributed by atoms with E-state index < -0.39 is 0 Å². The molecule has 3 fully saturated rings. The highest BCUT2D eigenvalue weighted by atomic mass is 16.5. The molecule has 0 aromatic rings. The molecule has 0 amide bonds. The third-order valence-corrected chi connectivity index (χ3v) is 6.16. The van der Waals surface area contributed by atoms with E-state index in [0.29, 0.717) is 5.54 Å². The molecule has 3 unspecified atom stereocenters. The summed E-state index contributed by atoms with van der Waals surface area (Å²) in [7, 11) is 8.75. The molecule has 1 saturated carbocycles. The third-order valence-electron chi connectivity index (χ3n) is 6.16. The van der Waals surface area contributed by atoms with Crippen molar-refractivity contribution < 1.29 is 4.74 Å². The number of piperidine rings is 1. The van der Waals surface area contributed by atoms with E-state index in [2.05, 4.69) is 18.9 Å². The van der Waals surface area contributed by atoms with Crippen molar-refractivity contribution in [1.82, 2.24) is 4.90 Å². The minimum absolute atomic E-state index is 0.0709. The molecule has 2 aliphatic heterocycles. The van der Waals surface area contributed by atoms with Gasteiger partial charge in [0.15, 0.2) is 0 Å². The maximum absolute atomic E-state index is 6.44. The lowest BCUT2D eigenvalue weighted by Gasteiger charge is -2.58. The topological polar surface area (TPSA) is 12.5 Å². The van der Waals surface area contributed by atoms with Gasteiger partial charge < -0.3 is 4.74 Å². The Labute approximate surface area is 119 Å². The summed E-state index contributed by atoms with van der Waals surface area (Å²) in [6, 6.07) is 0. The van der Waals surface area contributed by atoms with Gasteiger partial charge in [-0.15, -0.1) is 0 Å². The standard InChI is InChI=1S/C16H28BNO/c1-15(17)8-4-3-5-14-13(6-9-15)7-10-18(2)16(14)11-19-12-16/h13-14H,3-12H2,1-2H3. The number of nitrogens with zero attached hydrogens (tertiary/aromatic N) is 1. The molecule has 2 heterocycles. The Hall–Kier alpha value is -0.0151. The predicted molar refractivity (Wildman–Crippen MR) is 79.6 cm³/mol. The number of rotatable bonds is 0. The van der Waals surface area contributed by atoms with Crippen LogP contribution in [0.5, 0.6) is 0 Å². The van der Waals surface area contributed by atoms with Crippen molar-refractivity contribution in [1.29, 1.82) is 0 Å². The molecular weight excluding hydrogens is 233 g/mol. The fourth-order valence-corrected chi connectivity index (χ4v) is 4.63. The predicted octanol–water partition coefficient (Wildman–Crippen LogP) is 3.02.